The summed E-state index contributed by atoms with van der Waals surface area (Å²) in [5.41, 5.74) is 1.63. The van der Waals surface area contributed by atoms with Crippen LogP contribution in [-0.2, 0) is 10.2 Å². The van der Waals surface area contributed by atoms with Gasteiger partial charge in [0.1, 0.15) is 0 Å². The minimum absolute atomic E-state index is 0. The van der Waals surface area contributed by atoms with E-state index in [-0.39, 0.29) is 35.3 Å². The van der Waals surface area contributed by atoms with Crippen LogP contribution in [0.4, 0.5) is 0 Å². The van der Waals surface area contributed by atoms with Gasteiger partial charge < -0.3 is 16.0 Å². The van der Waals surface area contributed by atoms with Crippen molar-refractivity contribution in [3.63, 3.8) is 0 Å². The van der Waals surface area contributed by atoms with Gasteiger partial charge in [0.05, 0.1) is 0 Å². The SMILES string of the molecule is CN=C(NCCC(=O)NC1CCCCC1)NCC1(c2ccccc2)CCC1.I. The van der Waals surface area contributed by atoms with E-state index in [1.807, 2.05) is 0 Å². The van der Waals surface area contributed by atoms with Crippen LogP contribution in [0, 0.1) is 0 Å². The summed E-state index contributed by atoms with van der Waals surface area (Å²) in [6.45, 7) is 1.49. The summed E-state index contributed by atoms with van der Waals surface area (Å²) < 4.78 is 0. The van der Waals surface area contributed by atoms with Crippen LogP contribution >= 0.6 is 24.0 Å². The molecule has 1 aromatic carbocycles. The normalized spacial score (nSPS) is 19.1. The number of nitrogens with zero attached hydrogens (tertiary/aromatic N) is 1. The first kappa shape index (κ1) is 23.0. The maximum atomic E-state index is 12.1. The first-order valence-electron chi connectivity index (χ1n) is 10.5. The number of benzene rings is 1. The van der Waals surface area contributed by atoms with Crippen molar-refractivity contribution in [1.29, 1.82) is 0 Å². The van der Waals surface area contributed by atoms with E-state index in [0.717, 1.165) is 25.3 Å². The van der Waals surface area contributed by atoms with Crippen LogP contribution in [0.1, 0.15) is 63.4 Å². The van der Waals surface area contributed by atoms with Crippen LogP contribution in [0.2, 0.25) is 0 Å². The summed E-state index contributed by atoms with van der Waals surface area (Å²) >= 11 is 0. The minimum atomic E-state index is 0. The summed E-state index contributed by atoms with van der Waals surface area (Å²) in [5, 5.41) is 9.93. The van der Waals surface area contributed by atoms with Crippen LogP contribution in [0.3, 0.4) is 0 Å². The van der Waals surface area contributed by atoms with Gasteiger partial charge >= 0.3 is 0 Å². The van der Waals surface area contributed by atoms with Crippen molar-refractivity contribution in [3.05, 3.63) is 35.9 Å². The molecule has 28 heavy (non-hydrogen) atoms. The van der Waals surface area contributed by atoms with Crippen molar-refractivity contribution in [3.8, 4) is 0 Å². The van der Waals surface area contributed by atoms with Gasteiger partial charge in [-0.25, -0.2) is 0 Å². The van der Waals surface area contributed by atoms with Gasteiger partial charge in [0.25, 0.3) is 0 Å². The Hall–Kier alpha value is -1.31. The highest BCUT2D eigenvalue weighted by Crippen LogP contribution is 2.43. The van der Waals surface area contributed by atoms with E-state index >= 15 is 0 Å². The van der Waals surface area contributed by atoms with Gasteiger partial charge in [-0.3, -0.25) is 9.79 Å². The number of aliphatic imine (C=N–C) groups is 1. The van der Waals surface area contributed by atoms with Gasteiger partial charge in [0.15, 0.2) is 5.96 Å². The Balaban J connectivity index is 0.00000280. The molecule has 0 heterocycles. The monoisotopic (exact) mass is 498 g/mol. The highest BCUT2D eigenvalue weighted by Gasteiger charge is 2.38. The number of hydrogen-bond donors (Lipinski definition) is 3. The first-order valence-corrected chi connectivity index (χ1v) is 10.5. The predicted molar refractivity (Wildman–Crippen MR) is 126 cm³/mol. The number of rotatable bonds is 7. The zero-order valence-electron chi connectivity index (χ0n) is 17.0. The molecule has 0 unspecified atom stereocenters. The summed E-state index contributed by atoms with van der Waals surface area (Å²) in [7, 11) is 1.79. The third-order valence-corrected chi connectivity index (χ3v) is 6.13. The molecule has 156 valence electrons. The molecule has 2 aliphatic rings. The van der Waals surface area contributed by atoms with Crippen molar-refractivity contribution in [2.24, 2.45) is 4.99 Å². The maximum Gasteiger partial charge on any atom is 0.221 e. The van der Waals surface area contributed by atoms with Gasteiger partial charge in [-0.1, -0.05) is 56.0 Å². The standard InChI is InChI=1S/C22H34N4O.HI/c1-23-21(24-16-13-20(27)26-19-11-6-3-7-12-19)25-17-22(14-8-15-22)18-9-4-2-5-10-18;/h2,4-5,9-10,19H,3,6-8,11-17H2,1H3,(H,26,27)(H2,23,24,25);1H. The average Bonchev–Trinajstić information content (AvgIpc) is 2.67. The molecule has 2 fully saturated rings. The Kier molecular flexibility index (Phi) is 9.55. The number of guanidine groups is 1. The van der Waals surface area contributed by atoms with E-state index < -0.39 is 0 Å². The third kappa shape index (κ3) is 6.36. The Morgan fingerprint density at radius 2 is 1.79 bits per heavy atom. The van der Waals surface area contributed by atoms with Crippen molar-refractivity contribution >= 4 is 35.8 Å². The van der Waals surface area contributed by atoms with Crippen molar-refractivity contribution < 1.29 is 4.79 Å². The second kappa shape index (κ2) is 11.6. The number of carbonyl (C=O) groups is 1. The molecule has 0 atom stereocenters. The topological polar surface area (TPSA) is 65.5 Å². The Morgan fingerprint density at radius 1 is 1.07 bits per heavy atom. The first-order chi connectivity index (χ1) is 13.2. The van der Waals surface area contributed by atoms with Crippen molar-refractivity contribution in [2.45, 2.75) is 69.2 Å². The van der Waals surface area contributed by atoms with Gasteiger partial charge in [-0.2, -0.15) is 0 Å². The molecular formula is C22H35IN4O. The molecule has 5 nitrogen and oxygen atoms in total. The van der Waals surface area contributed by atoms with Gasteiger partial charge in [-0.05, 0) is 31.2 Å². The smallest absolute Gasteiger partial charge is 0.221 e. The Labute approximate surface area is 186 Å². The highest BCUT2D eigenvalue weighted by molar-refractivity contribution is 14.0. The zero-order chi connectivity index (χ0) is 19.0. The lowest BCUT2D eigenvalue weighted by Crippen LogP contribution is -2.49. The Bertz CT molecular complexity index is 625. The lowest BCUT2D eigenvalue weighted by Gasteiger charge is -2.43. The van der Waals surface area contributed by atoms with Gasteiger partial charge in [0, 0.05) is 38.0 Å². The summed E-state index contributed by atoms with van der Waals surface area (Å²) in [5.74, 6) is 0.923. The summed E-state index contributed by atoms with van der Waals surface area (Å²) in [6.07, 6.45) is 10.2. The number of nitrogens with one attached hydrogen (secondary N) is 3. The molecule has 6 heteroatoms. The number of amides is 1. The van der Waals surface area contributed by atoms with E-state index in [1.165, 1.54) is 44.1 Å². The number of halogens is 1. The molecule has 0 radical (unpaired) electrons. The summed E-state index contributed by atoms with van der Waals surface area (Å²) in [6, 6.07) is 11.1. The van der Waals surface area contributed by atoms with Crippen LogP contribution in [0.15, 0.2) is 35.3 Å². The quantitative estimate of drug-likeness (QED) is 0.305. The lowest BCUT2D eigenvalue weighted by atomic mass is 9.64. The van der Waals surface area contributed by atoms with Crippen molar-refractivity contribution in [2.75, 3.05) is 20.1 Å². The fraction of sp³-hybridized carbons (Fsp3) is 0.636. The molecule has 0 saturated heterocycles. The van der Waals surface area contributed by atoms with E-state index in [0.29, 0.717) is 19.0 Å². The van der Waals surface area contributed by atoms with E-state index in [4.69, 9.17) is 0 Å². The van der Waals surface area contributed by atoms with E-state index in [9.17, 15) is 4.79 Å². The second-order valence-corrected chi connectivity index (χ2v) is 8.00. The van der Waals surface area contributed by atoms with Crippen LogP contribution < -0.4 is 16.0 Å². The molecule has 1 aromatic rings. The largest absolute Gasteiger partial charge is 0.356 e. The van der Waals surface area contributed by atoms with Gasteiger partial charge in [-0.15, -0.1) is 24.0 Å². The molecule has 3 rings (SSSR count). The van der Waals surface area contributed by atoms with Crippen LogP contribution in [0.25, 0.3) is 0 Å². The molecule has 3 N–H and O–H groups in total. The fourth-order valence-electron chi connectivity index (χ4n) is 4.28. The molecule has 0 bridgehead atoms. The molecule has 1 amide bonds. The molecule has 2 aliphatic carbocycles. The van der Waals surface area contributed by atoms with E-state index in [2.05, 4.69) is 51.3 Å². The summed E-state index contributed by atoms with van der Waals surface area (Å²) in [4.78, 5) is 16.4. The molecular weight excluding hydrogens is 463 g/mol. The molecule has 0 spiro atoms. The third-order valence-electron chi connectivity index (χ3n) is 6.13. The second-order valence-electron chi connectivity index (χ2n) is 8.00. The molecule has 2 saturated carbocycles. The van der Waals surface area contributed by atoms with Crippen molar-refractivity contribution in [1.82, 2.24) is 16.0 Å². The van der Waals surface area contributed by atoms with Crippen LogP contribution in [0.5, 0.6) is 0 Å². The van der Waals surface area contributed by atoms with E-state index in [1.54, 1.807) is 7.05 Å². The lowest BCUT2D eigenvalue weighted by molar-refractivity contribution is -0.121. The minimum Gasteiger partial charge on any atom is -0.356 e. The molecule has 0 aromatic heterocycles. The Morgan fingerprint density at radius 3 is 2.39 bits per heavy atom. The number of hydrogen-bond acceptors (Lipinski definition) is 2. The molecule has 0 aliphatic heterocycles. The average molecular weight is 498 g/mol. The highest BCUT2D eigenvalue weighted by atomic mass is 127. The van der Waals surface area contributed by atoms with Gasteiger partial charge in [0.2, 0.25) is 5.91 Å². The van der Waals surface area contributed by atoms with Crippen LogP contribution in [-0.4, -0.2) is 38.0 Å². The zero-order valence-corrected chi connectivity index (χ0v) is 19.3. The number of carbonyl (C=O) groups excluding carboxylic acids is 1. The fourth-order valence-corrected chi connectivity index (χ4v) is 4.28. The predicted octanol–water partition coefficient (Wildman–Crippen LogP) is 3.73. The maximum absolute atomic E-state index is 12.1.